The summed E-state index contributed by atoms with van der Waals surface area (Å²) in [7, 11) is 0. The third-order valence-electron chi connectivity index (χ3n) is 3.86. The summed E-state index contributed by atoms with van der Waals surface area (Å²) in [5.74, 6) is 1.02. The van der Waals surface area contributed by atoms with Crippen LogP contribution in [0.4, 0.5) is 0 Å². The predicted octanol–water partition coefficient (Wildman–Crippen LogP) is 5.10. The number of hydrogen-bond donors (Lipinski definition) is 0. The average molecular weight is 281 g/mol. The normalized spacial score (nSPS) is 13.2. The van der Waals surface area contributed by atoms with Gasteiger partial charge in [-0.3, -0.25) is 0 Å². The topological polar surface area (TPSA) is 9.23 Å². The van der Waals surface area contributed by atoms with E-state index in [0.29, 0.717) is 0 Å². The first-order valence-electron chi connectivity index (χ1n) is 6.76. The minimum absolute atomic E-state index is 0.766. The van der Waals surface area contributed by atoms with Crippen molar-refractivity contribution < 1.29 is 4.74 Å². The summed E-state index contributed by atoms with van der Waals surface area (Å²) in [6.45, 7) is 0.770. The molecule has 3 aromatic carbocycles. The first kappa shape index (κ1) is 11.8. The fourth-order valence-electron chi connectivity index (χ4n) is 2.95. The molecule has 0 aliphatic carbocycles. The summed E-state index contributed by atoms with van der Waals surface area (Å²) >= 11 is 6.01. The van der Waals surface area contributed by atoms with Crippen molar-refractivity contribution in [3.63, 3.8) is 0 Å². The first-order chi connectivity index (χ1) is 9.83. The van der Waals surface area contributed by atoms with Crippen LogP contribution in [0.25, 0.3) is 21.9 Å². The summed E-state index contributed by atoms with van der Waals surface area (Å²) in [4.78, 5) is 0. The van der Waals surface area contributed by atoms with Crippen LogP contribution in [0.2, 0.25) is 5.02 Å². The van der Waals surface area contributed by atoms with Crippen LogP contribution >= 0.6 is 11.6 Å². The van der Waals surface area contributed by atoms with Gasteiger partial charge in [0.1, 0.15) is 5.75 Å². The molecule has 0 radical (unpaired) electrons. The molecule has 20 heavy (non-hydrogen) atoms. The highest BCUT2D eigenvalue weighted by molar-refractivity contribution is 6.30. The molecule has 0 atom stereocenters. The zero-order chi connectivity index (χ0) is 13.5. The Morgan fingerprint density at radius 2 is 1.75 bits per heavy atom. The highest BCUT2D eigenvalue weighted by atomic mass is 35.5. The van der Waals surface area contributed by atoms with E-state index in [1.807, 2.05) is 12.1 Å². The van der Waals surface area contributed by atoms with Crippen molar-refractivity contribution in [2.75, 3.05) is 6.61 Å². The molecule has 4 rings (SSSR count). The third-order valence-corrected chi connectivity index (χ3v) is 4.11. The lowest BCUT2D eigenvalue weighted by atomic mass is 9.92. The van der Waals surface area contributed by atoms with Crippen molar-refractivity contribution in [1.29, 1.82) is 0 Å². The summed E-state index contributed by atoms with van der Waals surface area (Å²) in [5.41, 5.74) is 3.80. The minimum atomic E-state index is 0.766. The summed E-state index contributed by atoms with van der Waals surface area (Å²) in [6.07, 6.45) is 0.970. The predicted molar refractivity (Wildman–Crippen MR) is 83.6 cm³/mol. The maximum atomic E-state index is 6.01. The molecule has 2 heteroatoms. The lowest BCUT2D eigenvalue weighted by Crippen LogP contribution is -1.89. The number of halogens is 1. The zero-order valence-corrected chi connectivity index (χ0v) is 11.7. The average Bonchev–Trinajstić information content (AvgIpc) is 2.93. The summed E-state index contributed by atoms with van der Waals surface area (Å²) < 4.78 is 5.77. The van der Waals surface area contributed by atoms with E-state index in [-0.39, 0.29) is 0 Å². The number of ether oxygens (including phenoxy) is 1. The number of benzene rings is 3. The second-order valence-electron chi connectivity index (χ2n) is 5.05. The molecule has 0 fully saturated rings. The molecular formula is C18H13ClO. The Hall–Kier alpha value is -1.99. The molecule has 0 bridgehead atoms. The molecular weight excluding hydrogens is 268 g/mol. The Bertz CT molecular complexity index is 790. The minimum Gasteiger partial charge on any atom is -0.493 e. The number of hydrogen-bond acceptors (Lipinski definition) is 1. The third kappa shape index (κ3) is 1.78. The Morgan fingerprint density at radius 3 is 2.60 bits per heavy atom. The number of fused-ring (bicyclic) bond motifs is 2. The van der Waals surface area contributed by atoms with Crippen LogP contribution in [0.3, 0.4) is 0 Å². The lowest BCUT2D eigenvalue weighted by molar-refractivity contribution is 0.357. The van der Waals surface area contributed by atoms with Gasteiger partial charge >= 0.3 is 0 Å². The molecule has 0 amide bonds. The second-order valence-corrected chi connectivity index (χ2v) is 5.49. The number of rotatable bonds is 1. The van der Waals surface area contributed by atoms with Crippen molar-refractivity contribution in [3.8, 4) is 16.9 Å². The molecule has 0 aromatic heterocycles. The lowest BCUT2D eigenvalue weighted by Gasteiger charge is -2.12. The van der Waals surface area contributed by atoms with E-state index in [0.717, 1.165) is 23.8 Å². The maximum absolute atomic E-state index is 6.01. The smallest absolute Gasteiger partial charge is 0.123 e. The van der Waals surface area contributed by atoms with E-state index in [1.165, 1.54) is 27.5 Å². The van der Waals surface area contributed by atoms with E-state index < -0.39 is 0 Å². The molecule has 98 valence electrons. The molecule has 1 aliphatic heterocycles. The highest BCUT2D eigenvalue weighted by Crippen LogP contribution is 2.41. The van der Waals surface area contributed by atoms with Gasteiger partial charge in [0.05, 0.1) is 6.61 Å². The van der Waals surface area contributed by atoms with Gasteiger partial charge in [-0.25, -0.2) is 0 Å². The van der Waals surface area contributed by atoms with Crippen LogP contribution in [-0.2, 0) is 6.42 Å². The van der Waals surface area contributed by atoms with Gasteiger partial charge in [-0.15, -0.1) is 0 Å². The Morgan fingerprint density at radius 1 is 0.950 bits per heavy atom. The molecule has 3 aromatic rings. The van der Waals surface area contributed by atoms with Crippen LogP contribution in [0.15, 0.2) is 54.6 Å². The molecule has 1 heterocycles. The van der Waals surface area contributed by atoms with Crippen molar-refractivity contribution in [3.05, 3.63) is 65.2 Å². The van der Waals surface area contributed by atoms with E-state index in [9.17, 15) is 0 Å². The zero-order valence-electron chi connectivity index (χ0n) is 10.9. The van der Waals surface area contributed by atoms with Gasteiger partial charge in [-0.2, -0.15) is 0 Å². The fourth-order valence-corrected chi connectivity index (χ4v) is 3.08. The van der Waals surface area contributed by atoms with Crippen molar-refractivity contribution in [2.45, 2.75) is 6.42 Å². The monoisotopic (exact) mass is 280 g/mol. The van der Waals surface area contributed by atoms with Gasteiger partial charge in [0.2, 0.25) is 0 Å². The highest BCUT2D eigenvalue weighted by Gasteiger charge is 2.20. The van der Waals surface area contributed by atoms with E-state index in [4.69, 9.17) is 16.3 Å². The SMILES string of the molecule is Clc1ccc(-c2c3c(cc4ccccc24)OCC3)cc1. The van der Waals surface area contributed by atoms with Gasteiger partial charge in [-0.05, 0) is 40.1 Å². The molecule has 0 spiro atoms. The quantitative estimate of drug-likeness (QED) is 0.603. The maximum Gasteiger partial charge on any atom is 0.123 e. The van der Waals surface area contributed by atoms with Crippen LogP contribution in [0, 0.1) is 0 Å². The van der Waals surface area contributed by atoms with Gasteiger partial charge in [-0.1, -0.05) is 48.0 Å². The van der Waals surface area contributed by atoms with Crippen LogP contribution in [0.5, 0.6) is 5.75 Å². The second kappa shape index (κ2) is 4.53. The van der Waals surface area contributed by atoms with Crippen molar-refractivity contribution in [2.24, 2.45) is 0 Å². The molecule has 0 saturated heterocycles. The molecule has 1 nitrogen and oxygen atoms in total. The largest absolute Gasteiger partial charge is 0.493 e. The van der Waals surface area contributed by atoms with Gasteiger partial charge < -0.3 is 4.74 Å². The van der Waals surface area contributed by atoms with Crippen molar-refractivity contribution in [1.82, 2.24) is 0 Å². The summed E-state index contributed by atoms with van der Waals surface area (Å²) in [5, 5.41) is 3.26. The Balaban J connectivity index is 2.08. The Labute approximate surface area is 122 Å². The van der Waals surface area contributed by atoms with Gasteiger partial charge in [0, 0.05) is 17.0 Å². The molecule has 0 N–H and O–H groups in total. The van der Waals surface area contributed by atoms with Crippen molar-refractivity contribution >= 4 is 22.4 Å². The van der Waals surface area contributed by atoms with Crippen LogP contribution in [-0.4, -0.2) is 6.61 Å². The van der Waals surface area contributed by atoms with Crippen LogP contribution in [0.1, 0.15) is 5.56 Å². The molecule has 1 aliphatic rings. The fraction of sp³-hybridized carbons (Fsp3) is 0.111. The summed E-state index contributed by atoms with van der Waals surface area (Å²) in [6, 6.07) is 18.7. The van der Waals surface area contributed by atoms with E-state index in [1.54, 1.807) is 0 Å². The Kier molecular flexibility index (Phi) is 2.68. The van der Waals surface area contributed by atoms with Gasteiger partial charge in [0.25, 0.3) is 0 Å². The van der Waals surface area contributed by atoms with Crippen LogP contribution < -0.4 is 4.74 Å². The standard InChI is InChI=1S/C18H13ClO/c19-14-7-5-12(6-8-14)18-15-4-2-1-3-13(15)11-17-16(18)9-10-20-17/h1-8,11H,9-10H2. The van der Waals surface area contributed by atoms with E-state index >= 15 is 0 Å². The molecule has 0 saturated carbocycles. The molecule has 0 unspecified atom stereocenters. The first-order valence-corrected chi connectivity index (χ1v) is 7.14. The van der Waals surface area contributed by atoms with E-state index in [2.05, 4.69) is 42.5 Å². The van der Waals surface area contributed by atoms with Gasteiger partial charge in [0.15, 0.2) is 0 Å².